The van der Waals surface area contributed by atoms with E-state index in [2.05, 4.69) is 4.98 Å². The van der Waals surface area contributed by atoms with Crippen molar-refractivity contribution in [3.05, 3.63) is 58.5 Å². The maximum atomic E-state index is 15.5. The van der Waals surface area contributed by atoms with Gasteiger partial charge in [0.15, 0.2) is 0 Å². The van der Waals surface area contributed by atoms with Gasteiger partial charge in [0.2, 0.25) is 0 Å². The number of carbonyl (C=O) groups is 1. The number of nitrogens with zero attached hydrogens (tertiary/aromatic N) is 3. The van der Waals surface area contributed by atoms with Crippen molar-refractivity contribution < 1.29 is 18.7 Å². The number of aryl methyl sites for hydroxylation is 1. The lowest BCUT2D eigenvalue weighted by atomic mass is 9.88. The van der Waals surface area contributed by atoms with Crippen molar-refractivity contribution in [2.75, 3.05) is 20.2 Å². The second kappa shape index (κ2) is 9.68. The second-order valence-corrected chi connectivity index (χ2v) is 10.1. The van der Waals surface area contributed by atoms with Crippen molar-refractivity contribution in [3.63, 3.8) is 0 Å². The number of aromatic nitrogens is 2. The first-order valence-electron chi connectivity index (χ1n) is 11.9. The van der Waals surface area contributed by atoms with E-state index >= 15 is 4.39 Å². The van der Waals surface area contributed by atoms with E-state index < -0.39 is 5.60 Å². The van der Waals surface area contributed by atoms with Gasteiger partial charge in [-0.2, -0.15) is 0 Å². The molecule has 2 aromatic heterocycles. The largest absolute Gasteiger partial charge is 0.496 e. The highest BCUT2D eigenvalue weighted by Crippen LogP contribution is 2.35. The summed E-state index contributed by atoms with van der Waals surface area (Å²) in [6.45, 7) is 6.72. The molecule has 3 aromatic rings. The lowest BCUT2D eigenvalue weighted by Crippen LogP contribution is -2.42. The first-order chi connectivity index (χ1) is 16.6. The van der Waals surface area contributed by atoms with Crippen LogP contribution in [0.1, 0.15) is 39.2 Å². The van der Waals surface area contributed by atoms with Crippen LogP contribution in [-0.2, 0) is 18.2 Å². The Balaban J connectivity index is 1.57. The van der Waals surface area contributed by atoms with Gasteiger partial charge in [0, 0.05) is 49.9 Å². The minimum absolute atomic E-state index is 0.154. The van der Waals surface area contributed by atoms with Gasteiger partial charge in [0.1, 0.15) is 17.2 Å². The molecule has 0 spiro atoms. The number of halogens is 1. The van der Waals surface area contributed by atoms with E-state index in [0.717, 1.165) is 18.4 Å². The molecule has 0 bridgehead atoms. The van der Waals surface area contributed by atoms with E-state index in [-0.39, 0.29) is 23.4 Å². The average Bonchev–Trinajstić information content (AvgIpc) is 2.82. The van der Waals surface area contributed by atoms with Gasteiger partial charge < -0.3 is 18.9 Å². The molecule has 0 aliphatic carbocycles. The van der Waals surface area contributed by atoms with Crippen LogP contribution in [0.5, 0.6) is 5.75 Å². The maximum Gasteiger partial charge on any atom is 0.410 e. The van der Waals surface area contributed by atoms with Crippen LogP contribution in [0.3, 0.4) is 0 Å². The summed E-state index contributed by atoms with van der Waals surface area (Å²) in [6.07, 6.45) is 6.62. The first-order valence-corrected chi connectivity index (χ1v) is 11.9. The Hall–Kier alpha value is -3.42. The molecule has 1 amide bonds. The second-order valence-electron chi connectivity index (χ2n) is 10.1. The van der Waals surface area contributed by atoms with Gasteiger partial charge in [-0.3, -0.25) is 9.78 Å². The number of benzene rings is 1. The molecule has 7 nitrogen and oxygen atoms in total. The van der Waals surface area contributed by atoms with Gasteiger partial charge >= 0.3 is 6.09 Å². The van der Waals surface area contributed by atoms with Crippen LogP contribution >= 0.6 is 0 Å². The predicted octanol–water partition coefficient (Wildman–Crippen LogP) is 4.94. The van der Waals surface area contributed by atoms with E-state index in [1.54, 1.807) is 30.4 Å². The third-order valence-electron chi connectivity index (χ3n) is 6.43. The predicted molar refractivity (Wildman–Crippen MR) is 133 cm³/mol. The highest BCUT2D eigenvalue weighted by Gasteiger charge is 2.28. The molecule has 0 saturated carbocycles. The molecule has 1 aliphatic rings. The fraction of sp³-hybridized carbons (Fsp3) is 0.444. The molecule has 0 radical (unpaired) electrons. The van der Waals surface area contributed by atoms with Gasteiger partial charge in [-0.15, -0.1) is 0 Å². The zero-order chi connectivity index (χ0) is 25.3. The fourth-order valence-electron chi connectivity index (χ4n) is 4.62. The zero-order valence-corrected chi connectivity index (χ0v) is 20.9. The smallest absolute Gasteiger partial charge is 0.410 e. The molecule has 0 N–H and O–H groups in total. The van der Waals surface area contributed by atoms with Crippen molar-refractivity contribution in [1.82, 2.24) is 14.5 Å². The van der Waals surface area contributed by atoms with Crippen molar-refractivity contribution >= 4 is 16.9 Å². The number of amides is 1. The quantitative estimate of drug-likeness (QED) is 0.528. The molecule has 1 aromatic carbocycles. The standard InChI is InChI=1S/C27H32FN3O4/c1-27(2,3)35-26(33)31-10-7-17(8-11-31)12-20-23(28)13-18(14-24(20)34-5)22-16-30(4)25(32)21-15-29-9-6-19(21)22/h6,9,13-17H,7-8,10-12H2,1-5H3. The number of fused-ring (bicyclic) bond motifs is 1. The molecular weight excluding hydrogens is 449 g/mol. The summed E-state index contributed by atoms with van der Waals surface area (Å²) < 4.78 is 28.0. The van der Waals surface area contributed by atoms with Crippen molar-refractivity contribution in [2.45, 2.75) is 45.6 Å². The normalized spacial score (nSPS) is 14.9. The van der Waals surface area contributed by atoms with Crippen molar-refractivity contribution in [1.29, 1.82) is 0 Å². The summed E-state index contributed by atoms with van der Waals surface area (Å²) in [5, 5.41) is 1.19. The Morgan fingerprint density at radius 2 is 1.91 bits per heavy atom. The number of methoxy groups -OCH3 is 1. The summed E-state index contributed by atoms with van der Waals surface area (Å²) in [7, 11) is 3.21. The van der Waals surface area contributed by atoms with Crippen LogP contribution in [0.2, 0.25) is 0 Å². The molecule has 35 heavy (non-hydrogen) atoms. The molecule has 3 heterocycles. The fourth-order valence-corrected chi connectivity index (χ4v) is 4.62. The van der Waals surface area contributed by atoms with Gasteiger partial charge in [0.25, 0.3) is 5.56 Å². The topological polar surface area (TPSA) is 73.7 Å². The number of pyridine rings is 2. The van der Waals surface area contributed by atoms with Crippen molar-refractivity contribution in [3.8, 4) is 16.9 Å². The molecule has 186 valence electrons. The van der Waals surface area contributed by atoms with E-state index in [9.17, 15) is 9.59 Å². The minimum Gasteiger partial charge on any atom is -0.496 e. The summed E-state index contributed by atoms with van der Waals surface area (Å²) in [5.74, 6) is 0.364. The lowest BCUT2D eigenvalue weighted by Gasteiger charge is -2.33. The number of hydrogen-bond donors (Lipinski definition) is 0. The monoisotopic (exact) mass is 481 g/mol. The Morgan fingerprint density at radius 1 is 1.20 bits per heavy atom. The SMILES string of the molecule is COc1cc(-c2cn(C)c(=O)c3cnccc23)cc(F)c1CC1CCN(C(=O)OC(C)(C)C)CC1. The molecule has 4 rings (SSSR count). The van der Waals surface area contributed by atoms with E-state index in [1.807, 2.05) is 26.8 Å². The Bertz CT molecular complexity index is 1300. The molecule has 8 heteroatoms. The molecular formula is C27H32FN3O4. The molecule has 1 saturated heterocycles. The number of hydrogen-bond acceptors (Lipinski definition) is 5. The average molecular weight is 482 g/mol. The summed E-state index contributed by atoms with van der Waals surface area (Å²) >= 11 is 0. The highest BCUT2D eigenvalue weighted by molar-refractivity contribution is 5.95. The van der Waals surface area contributed by atoms with Crippen LogP contribution in [0, 0.1) is 11.7 Å². The Kier molecular flexibility index (Phi) is 6.83. The third-order valence-corrected chi connectivity index (χ3v) is 6.43. The number of carbonyl (C=O) groups excluding carboxylic acids is 1. The maximum absolute atomic E-state index is 15.5. The van der Waals surface area contributed by atoms with Gasteiger partial charge in [-0.25, -0.2) is 9.18 Å². The minimum atomic E-state index is -0.529. The molecule has 1 fully saturated rings. The van der Waals surface area contributed by atoms with Gasteiger partial charge in [0.05, 0.1) is 12.5 Å². The molecule has 0 atom stereocenters. The van der Waals surface area contributed by atoms with Crippen LogP contribution in [0.25, 0.3) is 21.9 Å². The van der Waals surface area contributed by atoms with Crippen molar-refractivity contribution in [2.24, 2.45) is 13.0 Å². The Morgan fingerprint density at radius 3 is 2.57 bits per heavy atom. The van der Waals surface area contributed by atoms with Gasteiger partial charge in [-0.05, 0) is 75.1 Å². The highest BCUT2D eigenvalue weighted by atomic mass is 19.1. The van der Waals surface area contributed by atoms with E-state index in [1.165, 1.54) is 23.9 Å². The first kappa shape index (κ1) is 24.7. The number of piperidine rings is 1. The van der Waals surface area contributed by atoms with Crippen LogP contribution in [0.15, 0.2) is 41.6 Å². The number of rotatable bonds is 4. The number of ether oxygens (including phenoxy) is 2. The van der Waals surface area contributed by atoms with E-state index in [4.69, 9.17) is 9.47 Å². The molecule has 1 aliphatic heterocycles. The van der Waals surface area contributed by atoms with Gasteiger partial charge in [-0.1, -0.05) is 0 Å². The zero-order valence-electron chi connectivity index (χ0n) is 20.9. The van der Waals surface area contributed by atoms with Crippen LogP contribution < -0.4 is 10.3 Å². The lowest BCUT2D eigenvalue weighted by molar-refractivity contribution is 0.0183. The summed E-state index contributed by atoms with van der Waals surface area (Å²) in [5.41, 5.74) is 1.22. The summed E-state index contributed by atoms with van der Waals surface area (Å²) in [6, 6.07) is 5.10. The van der Waals surface area contributed by atoms with E-state index in [0.29, 0.717) is 47.2 Å². The molecule has 0 unspecified atom stereocenters. The summed E-state index contributed by atoms with van der Waals surface area (Å²) in [4.78, 5) is 30.6. The number of likely N-dealkylation sites (tertiary alicyclic amines) is 1. The van der Waals surface area contributed by atoms with Crippen LogP contribution in [0.4, 0.5) is 9.18 Å². The Labute approximate surface area is 204 Å². The van der Waals surface area contributed by atoms with Crippen LogP contribution in [-0.4, -0.2) is 46.3 Å². The third kappa shape index (κ3) is 5.31.